The monoisotopic (exact) mass is 1110 g/mol. The number of aromatic nitrogens is 3. The second-order valence-electron chi connectivity index (χ2n) is 21.4. The Bertz CT molecular complexity index is 3260. The zero-order valence-electron chi connectivity index (χ0n) is 42.1. The molecule has 0 unspecified atom stereocenters. The Balaban J connectivity index is 0.000000163. The fourth-order valence-electron chi connectivity index (χ4n) is 8.77. The molecule has 4 aromatic heterocycles. The van der Waals surface area contributed by atoms with Crippen LogP contribution in [-0.4, -0.2) is 23.0 Å². The summed E-state index contributed by atoms with van der Waals surface area (Å²) in [6, 6.07) is 65.1. The van der Waals surface area contributed by atoms with E-state index in [1.54, 1.807) is 0 Å². The maximum atomic E-state index is 6.18. The number of benzene rings is 6. The quantitative estimate of drug-likeness (QED) is 0.142. The summed E-state index contributed by atoms with van der Waals surface area (Å²) < 4.78 is 6.18. The van der Waals surface area contributed by atoms with Gasteiger partial charge in [-0.25, -0.2) is 0 Å². The third-order valence-corrected chi connectivity index (χ3v) is 14.0. The molecule has 0 fully saturated rings. The van der Waals surface area contributed by atoms with Crippen molar-refractivity contribution in [2.24, 2.45) is 10.8 Å². The van der Waals surface area contributed by atoms with Gasteiger partial charge in [0.2, 0.25) is 0 Å². The van der Waals surface area contributed by atoms with Crippen molar-refractivity contribution in [1.29, 1.82) is 0 Å². The van der Waals surface area contributed by atoms with E-state index in [9.17, 15) is 0 Å². The Labute approximate surface area is 430 Å². The first-order valence-corrected chi connectivity index (χ1v) is 27.7. The Morgan fingerprint density at radius 2 is 0.886 bits per heavy atom. The van der Waals surface area contributed by atoms with Crippen LogP contribution in [0.5, 0.6) is 0 Å². The molecule has 0 spiro atoms. The van der Waals surface area contributed by atoms with Gasteiger partial charge in [-0.15, -0.1) is 0 Å². The van der Waals surface area contributed by atoms with Crippen LogP contribution in [0.1, 0.15) is 52.7 Å². The molecule has 1 radical (unpaired) electrons. The topological polar surface area (TPSA) is 51.8 Å². The Morgan fingerprint density at radius 1 is 0.400 bits per heavy atom. The molecule has 10 aromatic rings. The minimum absolute atomic E-state index is 0. The number of hydrogen-bond acceptors (Lipinski definition) is 4. The molecule has 6 aromatic carbocycles. The molecule has 0 aliphatic rings. The van der Waals surface area contributed by atoms with Crippen LogP contribution in [0.25, 0.3) is 78.0 Å². The number of furan rings is 1. The van der Waals surface area contributed by atoms with Crippen LogP contribution in [0.2, 0.25) is 19.6 Å². The molecule has 6 heteroatoms. The van der Waals surface area contributed by atoms with Crippen LogP contribution < -0.4 is 5.19 Å². The van der Waals surface area contributed by atoms with Crippen molar-refractivity contribution >= 4 is 35.2 Å². The molecular formula is C64H65IrN3OSi. The van der Waals surface area contributed by atoms with E-state index in [-0.39, 0.29) is 20.1 Å². The van der Waals surface area contributed by atoms with Gasteiger partial charge in [-0.05, 0) is 123 Å². The van der Waals surface area contributed by atoms with Gasteiger partial charge in [0.05, 0.1) is 25.2 Å². The maximum Gasteiger partial charge on any atom is 0.136 e. The standard InChI is InChI=1S/C29H19NO.C19H27NSi.C16H19N.Ir/c1-3-7-20(8-4-1)22-11-13-25-26-17-24(12-14-28(26)31-29(25)19-22)27-18-23(15-16-30-27)21-9-5-2-6-10-21;1-19(2,3)13-16-12-17(15-10-8-7-9-11-15)20-14-18(16)21(4,5)6;1-16(2,3)12-13-9-10-17-15(11-13)14-7-5-4-6-8-14;/h1-19H;7-12,14H,13H2,1-6H3;4-11H,12H2,1-3H3;. The number of nitrogens with zero attached hydrogens (tertiary/aromatic N) is 3. The van der Waals surface area contributed by atoms with E-state index in [0.29, 0.717) is 10.8 Å². The third kappa shape index (κ3) is 13.6. The number of pyridine rings is 3. The first-order valence-electron chi connectivity index (χ1n) is 24.2. The van der Waals surface area contributed by atoms with Crippen LogP contribution in [-0.2, 0) is 32.9 Å². The van der Waals surface area contributed by atoms with Gasteiger partial charge in [0.1, 0.15) is 11.2 Å². The largest absolute Gasteiger partial charge is 0.456 e. The predicted octanol–water partition coefficient (Wildman–Crippen LogP) is 17.2. The van der Waals surface area contributed by atoms with E-state index < -0.39 is 8.07 Å². The molecule has 0 saturated carbocycles. The average molecular weight is 1110 g/mol. The van der Waals surface area contributed by atoms with Gasteiger partial charge < -0.3 is 4.42 Å². The van der Waals surface area contributed by atoms with Gasteiger partial charge in [-0.1, -0.05) is 189 Å². The fourth-order valence-corrected chi connectivity index (χ4v) is 10.3. The summed E-state index contributed by atoms with van der Waals surface area (Å²) in [5, 5.41) is 3.73. The van der Waals surface area contributed by atoms with Crippen molar-refractivity contribution < 1.29 is 24.5 Å². The summed E-state index contributed by atoms with van der Waals surface area (Å²) in [6.07, 6.45) is 8.10. The first kappa shape index (κ1) is 51.3. The van der Waals surface area contributed by atoms with Crippen molar-refractivity contribution in [1.82, 2.24) is 15.0 Å². The van der Waals surface area contributed by atoms with E-state index in [1.807, 2.05) is 48.8 Å². The summed E-state index contributed by atoms with van der Waals surface area (Å²) >= 11 is 0. The van der Waals surface area contributed by atoms with E-state index in [1.165, 1.54) is 38.6 Å². The van der Waals surface area contributed by atoms with E-state index in [4.69, 9.17) is 9.40 Å². The van der Waals surface area contributed by atoms with Crippen LogP contribution in [0.4, 0.5) is 0 Å². The zero-order chi connectivity index (χ0) is 48.6. The van der Waals surface area contributed by atoms with Gasteiger partial charge in [0, 0.05) is 66.2 Å². The van der Waals surface area contributed by atoms with Crippen molar-refractivity contribution in [3.05, 3.63) is 218 Å². The molecule has 0 saturated heterocycles. The Morgan fingerprint density at radius 3 is 1.43 bits per heavy atom. The van der Waals surface area contributed by atoms with Crippen LogP contribution in [0.15, 0.2) is 211 Å². The first-order chi connectivity index (χ1) is 33.1. The fraction of sp³-hybridized carbons (Fsp3) is 0.203. The van der Waals surface area contributed by atoms with Gasteiger partial charge in [0.25, 0.3) is 0 Å². The van der Waals surface area contributed by atoms with Crippen molar-refractivity contribution in [2.45, 2.75) is 74.0 Å². The SMILES string of the molecule is CC(C)(C)Cc1cc(-c2ccccc2)ncc1[Si](C)(C)C.CC(C)(C)Cc1ccnc(-c2ccccc2)c1.[Ir].c1ccc(-c2ccnc(-c3ccc4oc5cc(-c6ccccc6)ccc5c4c3)c2)cc1. The average Bonchev–Trinajstić information content (AvgIpc) is 3.72. The number of fused-ring (bicyclic) bond motifs is 3. The molecule has 70 heavy (non-hydrogen) atoms. The molecule has 0 aliphatic carbocycles. The van der Waals surface area contributed by atoms with Crippen LogP contribution in [0, 0.1) is 10.8 Å². The molecule has 4 nitrogen and oxygen atoms in total. The minimum Gasteiger partial charge on any atom is -0.456 e. The molecule has 355 valence electrons. The Hall–Kier alpha value is -6.56. The van der Waals surface area contributed by atoms with Crippen molar-refractivity contribution in [3.63, 3.8) is 0 Å². The summed E-state index contributed by atoms with van der Waals surface area (Å²) in [5.74, 6) is 0. The molecule has 0 amide bonds. The van der Waals surface area contributed by atoms with Gasteiger partial charge in [-0.2, -0.15) is 0 Å². The van der Waals surface area contributed by atoms with Gasteiger partial charge >= 0.3 is 0 Å². The smallest absolute Gasteiger partial charge is 0.136 e. The predicted molar refractivity (Wildman–Crippen MR) is 296 cm³/mol. The molecule has 10 rings (SSSR count). The van der Waals surface area contributed by atoms with E-state index in [0.717, 1.165) is 68.6 Å². The zero-order valence-corrected chi connectivity index (χ0v) is 45.5. The summed E-state index contributed by atoms with van der Waals surface area (Å²) in [4.78, 5) is 13.8. The van der Waals surface area contributed by atoms with Crippen LogP contribution in [0.3, 0.4) is 0 Å². The second kappa shape index (κ2) is 22.5. The normalized spacial score (nSPS) is 11.5. The van der Waals surface area contributed by atoms with Gasteiger partial charge in [0.15, 0.2) is 0 Å². The third-order valence-electron chi connectivity index (χ3n) is 12.0. The maximum absolute atomic E-state index is 6.18. The summed E-state index contributed by atoms with van der Waals surface area (Å²) in [7, 11) is -1.36. The molecule has 0 atom stereocenters. The molecule has 4 heterocycles. The second-order valence-corrected chi connectivity index (χ2v) is 26.5. The molecule has 0 aliphatic heterocycles. The van der Waals surface area contributed by atoms with Crippen molar-refractivity contribution in [3.8, 4) is 56.0 Å². The molecular weight excluding hydrogens is 1050 g/mol. The molecule has 0 bridgehead atoms. The Kier molecular flexibility index (Phi) is 16.5. The van der Waals surface area contributed by atoms with Crippen LogP contribution >= 0.6 is 0 Å². The van der Waals surface area contributed by atoms with Crippen molar-refractivity contribution in [2.75, 3.05) is 0 Å². The minimum atomic E-state index is -1.36. The molecule has 0 N–H and O–H groups in total. The summed E-state index contributed by atoms with van der Waals surface area (Å²) in [6.45, 7) is 20.9. The summed E-state index contributed by atoms with van der Waals surface area (Å²) in [5.41, 5.74) is 16.5. The van der Waals surface area contributed by atoms with E-state index in [2.05, 4.69) is 229 Å². The number of hydrogen-bond donors (Lipinski definition) is 0. The van der Waals surface area contributed by atoms with Gasteiger partial charge in [-0.3, -0.25) is 15.0 Å². The number of rotatable bonds is 8. The van der Waals surface area contributed by atoms with E-state index >= 15 is 0 Å².